The van der Waals surface area contributed by atoms with Gasteiger partial charge in [-0.3, -0.25) is 0 Å². The molecule has 0 radical (unpaired) electrons. The van der Waals surface area contributed by atoms with E-state index in [4.69, 9.17) is 0 Å². The lowest BCUT2D eigenvalue weighted by Gasteiger charge is -2.11. The normalized spacial score (nSPS) is 12.2. The number of rotatable bonds is 8. The summed E-state index contributed by atoms with van der Waals surface area (Å²) in [4.78, 5) is 0. The molecule has 2 rings (SSSR count). The fraction of sp³-hybridized carbons (Fsp3) is 0.368. The molecule has 1 nitrogen and oxygen atoms in total. The van der Waals surface area contributed by atoms with Gasteiger partial charge in [-0.2, -0.15) is 0 Å². The summed E-state index contributed by atoms with van der Waals surface area (Å²) in [6, 6.07) is 21.4. The van der Waals surface area contributed by atoms with Gasteiger partial charge in [-0.1, -0.05) is 74.0 Å². The van der Waals surface area contributed by atoms with Crippen molar-refractivity contribution in [1.29, 1.82) is 0 Å². The molecule has 0 saturated heterocycles. The van der Waals surface area contributed by atoms with Crippen molar-refractivity contribution in [2.24, 2.45) is 0 Å². The van der Waals surface area contributed by atoms with E-state index in [1.54, 1.807) is 0 Å². The predicted molar refractivity (Wildman–Crippen MR) is 86.9 cm³/mol. The molecule has 0 amide bonds. The smallest absolute Gasteiger partial charge is 0.0205 e. The van der Waals surface area contributed by atoms with Crippen LogP contribution in [0.25, 0.3) is 0 Å². The van der Waals surface area contributed by atoms with Crippen molar-refractivity contribution in [3.8, 4) is 0 Å². The number of unbranched alkanes of at least 4 members (excludes halogenated alkanes) is 1. The Hall–Kier alpha value is -1.60. The molecule has 20 heavy (non-hydrogen) atoms. The third-order valence-corrected chi connectivity index (χ3v) is 3.78. The second-order valence-electron chi connectivity index (χ2n) is 5.47. The van der Waals surface area contributed by atoms with Crippen LogP contribution in [0.1, 0.15) is 43.2 Å². The summed E-state index contributed by atoms with van der Waals surface area (Å²) in [7, 11) is 0. The van der Waals surface area contributed by atoms with Crippen LogP contribution in [0.2, 0.25) is 0 Å². The minimum absolute atomic E-state index is 0.672. The van der Waals surface area contributed by atoms with Crippen LogP contribution in [0, 0.1) is 0 Å². The Morgan fingerprint density at radius 3 is 2.20 bits per heavy atom. The van der Waals surface area contributed by atoms with E-state index < -0.39 is 0 Å². The summed E-state index contributed by atoms with van der Waals surface area (Å²) in [5.74, 6) is 0.672. The topological polar surface area (TPSA) is 12.0 Å². The zero-order valence-corrected chi connectivity index (χ0v) is 12.4. The van der Waals surface area contributed by atoms with Gasteiger partial charge in [0.15, 0.2) is 0 Å². The van der Waals surface area contributed by atoms with Crippen LogP contribution in [-0.2, 0) is 6.54 Å². The van der Waals surface area contributed by atoms with Gasteiger partial charge in [0, 0.05) is 6.54 Å². The highest BCUT2D eigenvalue weighted by molar-refractivity contribution is 5.18. The molecule has 1 atom stereocenters. The lowest BCUT2D eigenvalue weighted by molar-refractivity contribution is 0.567. The number of nitrogens with one attached hydrogen (secondary N) is 1. The lowest BCUT2D eigenvalue weighted by atomic mass is 9.95. The minimum Gasteiger partial charge on any atom is -0.313 e. The molecule has 0 aliphatic rings. The van der Waals surface area contributed by atoms with Crippen LogP contribution >= 0.6 is 0 Å². The maximum atomic E-state index is 3.52. The molecule has 0 aliphatic carbocycles. The molecule has 106 valence electrons. The largest absolute Gasteiger partial charge is 0.313 e. The predicted octanol–water partition coefficient (Wildman–Crippen LogP) is 4.75. The highest BCUT2D eigenvalue weighted by Crippen LogP contribution is 2.20. The first kappa shape index (κ1) is 14.8. The monoisotopic (exact) mass is 267 g/mol. The van der Waals surface area contributed by atoms with Crippen molar-refractivity contribution < 1.29 is 0 Å². The molecule has 2 aromatic carbocycles. The Morgan fingerprint density at radius 1 is 0.850 bits per heavy atom. The van der Waals surface area contributed by atoms with E-state index in [-0.39, 0.29) is 0 Å². The molecule has 0 bridgehead atoms. The molecule has 2 aromatic rings. The van der Waals surface area contributed by atoms with E-state index in [0.29, 0.717) is 5.92 Å². The molecule has 0 spiro atoms. The fourth-order valence-corrected chi connectivity index (χ4v) is 2.48. The molecule has 0 aliphatic heterocycles. The number of benzene rings is 2. The van der Waals surface area contributed by atoms with Crippen LogP contribution in [0.5, 0.6) is 0 Å². The van der Waals surface area contributed by atoms with Crippen LogP contribution < -0.4 is 5.32 Å². The summed E-state index contributed by atoms with van der Waals surface area (Å²) in [5.41, 5.74) is 2.83. The standard InChI is InChI=1S/C19H25N/c1-17(19-13-6-3-7-14-19)10-8-9-15-20-16-18-11-4-2-5-12-18/h2-7,11-14,17,20H,8-10,15-16H2,1H3. The van der Waals surface area contributed by atoms with E-state index in [0.717, 1.165) is 13.1 Å². The molecular weight excluding hydrogens is 242 g/mol. The second kappa shape index (κ2) is 8.55. The molecule has 1 N–H and O–H groups in total. The summed E-state index contributed by atoms with van der Waals surface area (Å²) in [6.45, 7) is 4.41. The van der Waals surface area contributed by atoms with Gasteiger partial charge in [0.1, 0.15) is 0 Å². The highest BCUT2D eigenvalue weighted by atomic mass is 14.8. The van der Waals surface area contributed by atoms with E-state index >= 15 is 0 Å². The number of hydrogen-bond donors (Lipinski definition) is 1. The summed E-state index contributed by atoms with van der Waals surface area (Å²) < 4.78 is 0. The van der Waals surface area contributed by atoms with Crippen molar-refractivity contribution in [3.63, 3.8) is 0 Å². The van der Waals surface area contributed by atoms with Gasteiger partial charge < -0.3 is 5.32 Å². The Morgan fingerprint density at radius 2 is 1.50 bits per heavy atom. The molecule has 0 fully saturated rings. The molecule has 1 heteroatoms. The van der Waals surface area contributed by atoms with Gasteiger partial charge in [-0.25, -0.2) is 0 Å². The van der Waals surface area contributed by atoms with Crippen molar-refractivity contribution >= 4 is 0 Å². The molecule has 1 unspecified atom stereocenters. The first-order valence-electron chi connectivity index (χ1n) is 7.66. The summed E-state index contributed by atoms with van der Waals surface area (Å²) in [6.07, 6.45) is 3.82. The first-order valence-corrected chi connectivity index (χ1v) is 7.66. The van der Waals surface area contributed by atoms with Crippen LogP contribution in [0.3, 0.4) is 0 Å². The third kappa shape index (κ3) is 5.18. The van der Waals surface area contributed by atoms with Crippen LogP contribution in [0.15, 0.2) is 60.7 Å². The van der Waals surface area contributed by atoms with E-state index in [9.17, 15) is 0 Å². The minimum atomic E-state index is 0.672. The van der Waals surface area contributed by atoms with E-state index in [2.05, 4.69) is 72.9 Å². The van der Waals surface area contributed by atoms with Gasteiger partial charge in [-0.05, 0) is 36.4 Å². The Kier molecular flexibility index (Phi) is 6.33. The molecule has 0 heterocycles. The molecule has 0 saturated carbocycles. The maximum Gasteiger partial charge on any atom is 0.0205 e. The quantitative estimate of drug-likeness (QED) is 0.681. The van der Waals surface area contributed by atoms with Crippen molar-refractivity contribution in [3.05, 3.63) is 71.8 Å². The van der Waals surface area contributed by atoms with Gasteiger partial charge in [0.25, 0.3) is 0 Å². The summed E-state index contributed by atoms with van der Waals surface area (Å²) in [5, 5.41) is 3.52. The average molecular weight is 267 g/mol. The molecule has 0 aromatic heterocycles. The Labute approximate surface area is 123 Å². The zero-order chi connectivity index (χ0) is 14.0. The first-order chi connectivity index (χ1) is 9.86. The van der Waals surface area contributed by atoms with Gasteiger partial charge in [0.05, 0.1) is 0 Å². The van der Waals surface area contributed by atoms with E-state index in [1.807, 2.05) is 0 Å². The average Bonchev–Trinajstić information content (AvgIpc) is 2.52. The van der Waals surface area contributed by atoms with Crippen molar-refractivity contribution in [2.75, 3.05) is 6.54 Å². The number of hydrogen-bond acceptors (Lipinski definition) is 1. The van der Waals surface area contributed by atoms with Crippen LogP contribution in [-0.4, -0.2) is 6.54 Å². The van der Waals surface area contributed by atoms with Crippen molar-refractivity contribution in [2.45, 2.75) is 38.6 Å². The summed E-state index contributed by atoms with van der Waals surface area (Å²) >= 11 is 0. The van der Waals surface area contributed by atoms with Gasteiger partial charge >= 0.3 is 0 Å². The fourth-order valence-electron chi connectivity index (χ4n) is 2.48. The Bertz CT molecular complexity index is 464. The Balaban J connectivity index is 1.56. The second-order valence-corrected chi connectivity index (χ2v) is 5.47. The third-order valence-electron chi connectivity index (χ3n) is 3.78. The van der Waals surface area contributed by atoms with Gasteiger partial charge in [-0.15, -0.1) is 0 Å². The van der Waals surface area contributed by atoms with Gasteiger partial charge in [0.2, 0.25) is 0 Å². The molecular formula is C19H25N. The van der Waals surface area contributed by atoms with E-state index in [1.165, 1.54) is 30.4 Å². The lowest BCUT2D eigenvalue weighted by Crippen LogP contribution is -2.14. The SMILES string of the molecule is CC(CCCCNCc1ccccc1)c1ccccc1. The maximum absolute atomic E-state index is 3.52. The van der Waals surface area contributed by atoms with Crippen LogP contribution in [0.4, 0.5) is 0 Å². The van der Waals surface area contributed by atoms with Crippen molar-refractivity contribution in [1.82, 2.24) is 5.32 Å². The highest BCUT2D eigenvalue weighted by Gasteiger charge is 2.03. The zero-order valence-electron chi connectivity index (χ0n) is 12.4.